The Bertz CT molecular complexity index is 863. The smallest absolute Gasteiger partial charge is 0.410 e. The predicted octanol–water partition coefficient (Wildman–Crippen LogP) is 5.90. The van der Waals surface area contributed by atoms with Crippen LogP contribution in [0.2, 0.25) is 18.1 Å². The molecule has 0 unspecified atom stereocenters. The van der Waals surface area contributed by atoms with Crippen molar-refractivity contribution in [2.45, 2.75) is 64.0 Å². The molecular formula is C26H40N2O5Si. The maximum Gasteiger partial charge on any atom is 0.410 e. The van der Waals surface area contributed by atoms with E-state index in [-0.39, 0.29) is 36.5 Å². The summed E-state index contributed by atoms with van der Waals surface area (Å²) in [7, 11) is -0.298. The number of benzene rings is 1. The second-order valence-electron chi connectivity index (χ2n) is 10.2. The lowest BCUT2D eigenvalue weighted by molar-refractivity contribution is 0.103. The second kappa shape index (κ2) is 11.7. The van der Waals surface area contributed by atoms with E-state index in [9.17, 15) is 9.59 Å². The van der Waals surface area contributed by atoms with Crippen molar-refractivity contribution in [3.63, 3.8) is 0 Å². The third-order valence-electron chi connectivity index (χ3n) is 6.51. The number of likely N-dealkylation sites (tertiary alicyclic amines) is 1. The van der Waals surface area contributed by atoms with E-state index in [0.29, 0.717) is 19.5 Å². The van der Waals surface area contributed by atoms with Crippen molar-refractivity contribution >= 4 is 20.5 Å². The topological polar surface area (TPSA) is 68.3 Å². The summed E-state index contributed by atoms with van der Waals surface area (Å²) in [6.45, 7) is 19.5. The highest BCUT2D eigenvalue weighted by Crippen LogP contribution is 2.41. The van der Waals surface area contributed by atoms with E-state index in [1.165, 1.54) is 11.0 Å². The molecule has 1 aliphatic heterocycles. The van der Waals surface area contributed by atoms with Crippen LogP contribution in [0.15, 0.2) is 49.6 Å². The summed E-state index contributed by atoms with van der Waals surface area (Å²) in [6.07, 6.45) is 3.01. The van der Waals surface area contributed by atoms with Gasteiger partial charge in [-0.2, -0.15) is 0 Å². The zero-order valence-corrected chi connectivity index (χ0v) is 22.5. The summed E-state index contributed by atoms with van der Waals surface area (Å²) in [5.41, 5.74) is 1.98. The average molecular weight is 489 g/mol. The molecule has 0 N–H and O–H groups in total. The molecule has 0 saturated carbocycles. The number of rotatable bonds is 9. The van der Waals surface area contributed by atoms with Crippen molar-refractivity contribution in [2.75, 3.05) is 26.8 Å². The summed E-state index contributed by atoms with van der Waals surface area (Å²) in [4.78, 5) is 28.1. The Labute approximate surface area is 205 Å². The first-order chi connectivity index (χ1) is 15.9. The van der Waals surface area contributed by atoms with Crippen LogP contribution in [0, 0.1) is 0 Å². The zero-order valence-electron chi connectivity index (χ0n) is 21.5. The molecule has 1 heterocycles. The van der Waals surface area contributed by atoms with Crippen molar-refractivity contribution in [3.05, 3.63) is 60.7 Å². The van der Waals surface area contributed by atoms with Crippen LogP contribution in [0.25, 0.3) is 0 Å². The largest absolute Gasteiger partial charge is 0.445 e. The Morgan fingerprint density at radius 2 is 1.71 bits per heavy atom. The van der Waals surface area contributed by atoms with Crippen molar-refractivity contribution < 1.29 is 23.5 Å². The standard InChI is InChI=1S/C26H40N2O5Si/c1-9-15-31-24(29)27(6)18-20-11-13-21(14-12-20)23-17-22(33-34(7,8)26(3,4)5)19-28(23)25(30)32-16-10-2/h9-14,22-23H,1-2,15-19H2,3-8H3/t22-,23-/m1/s1. The van der Waals surface area contributed by atoms with Crippen LogP contribution in [0.5, 0.6) is 0 Å². The molecule has 1 aromatic carbocycles. The molecule has 0 bridgehead atoms. The van der Waals surface area contributed by atoms with Crippen molar-refractivity contribution in [1.82, 2.24) is 9.80 Å². The van der Waals surface area contributed by atoms with Gasteiger partial charge in [-0.1, -0.05) is 70.3 Å². The monoisotopic (exact) mass is 488 g/mol. The van der Waals surface area contributed by atoms with Gasteiger partial charge in [-0.3, -0.25) is 4.90 Å². The number of carbonyl (C=O) groups is 2. The van der Waals surface area contributed by atoms with Gasteiger partial charge in [0.1, 0.15) is 13.2 Å². The molecule has 1 aliphatic rings. The van der Waals surface area contributed by atoms with E-state index in [2.05, 4.69) is 47.0 Å². The first-order valence-electron chi connectivity index (χ1n) is 11.7. The fourth-order valence-electron chi connectivity index (χ4n) is 3.63. The highest BCUT2D eigenvalue weighted by atomic mass is 28.4. The minimum absolute atomic E-state index is 0.0485. The van der Waals surface area contributed by atoms with Crippen molar-refractivity contribution in [1.29, 1.82) is 0 Å². The van der Waals surface area contributed by atoms with Crippen molar-refractivity contribution in [2.24, 2.45) is 0 Å². The van der Waals surface area contributed by atoms with Gasteiger partial charge < -0.3 is 18.8 Å². The molecule has 34 heavy (non-hydrogen) atoms. The van der Waals surface area contributed by atoms with Gasteiger partial charge in [0.25, 0.3) is 0 Å². The molecule has 1 saturated heterocycles. The highest BCUT2D eigenvalue weighted by Gasteiger charge is 2.44. The van der Waals surface area contributed by atoms with Crippen LogP contribution in [0.3, 0.4) is 0 Å². The zero-order chi connectivity index (χ0) is 25.5. The molecule has 8 heteroatoms. The number of hydrogen-bond donors (Lipinski definition) is 0. The minimum Gasteiger partial charge on any atom is -0.445 e. The van der Waals surface area contributed by atoms with Crippen LogP contribution >= 0.6 is 0 Å². The van der Waals surface area contributed by atoms with Crippen LogP contribution in [0.4, 0.5) is 9.59 Å². The Hall–Kier alpha value is -2.58. The molecule has 1 fully saturated rings. The number of carbonyl (C=O) groups excluding carboxylic acids is 2. The molecular weight excluding hydrogens is 448 g/mol. The molecule has 2 rings (SSSR count). The van der Waals surface area contributed by atoms with Gasteiger partial charge in [0.2, 0.25) is 0 Å². The first-order valence-corrected chi connectivity index (χ1v) is 14.6. The lowest BCUT2D eigenvalue weighted by Gasteiger charge is -2.38. The van der Waals surface area contributed by atoms with Gasteiger partial charge >= 0.3 is 12.2 Å². The van der Waals surface area contributed by atoms with Gasteiger partial charge in [-0.25, -0.2) is 9.59 Å². The van der Waals surface area contributed by atoms with Gasteiger partial charge in [0, 0.05) is 20.1 Å². The summed E-state index contributed by atoms with van der Waals surface area (Å²) in [6, 6.07) is 7.82. The number of hydrogen-bond acceptors (Lipinski definition) is 5. The minimum atomic E-state index is -1.99. The fourth-order valence-corrected chi connectivity index (χ4v) is 4.99. The van der Waals surface area contributed by atoms with Gasteiger partial charge in [0.15, 0.2) is 8.32 Å². The summed E-state index contributed by atoms with van der Waals surface area (Å²) >= 11 is 0. The van der Waals surface area contributed by atoms with Crippen molar-refractivity contribution in [3.8, 4) is 0 Å². The number of nitrogens with zero attached hydrogens (tertiary/aromatic N) is 2. The molecule has 0 aliphatic carbocycles. The Morgan fingerprint density at radius 1 is 1.12 bits per heavy atom. The SMILES string of the molecule is C=CCOC(=O)N(C)Cc1ccc([C@H]2C[C@@H](O[Si](C)(C)C(C)(C)C)CN2C(=O)OCC=C)cc1. The predicted molar refractivity (Wildman–Crippen MR) is 137 cm³/mol. The lowest BCUT2D eigenvalue weighted by Crippen LogP contribution is -2.44. The van der Waals surface area contributed by atoms with E-state index in [0.717, 1.165) is 11.1 Å². The molecule has 0 radical (unpaired) electrons. The highest BCUT2D eigenvalue weighted by molar-refractivity contribution is 6.74. The van der Waals surface area contributed by atoms with E-state index < -0.39 is 14.4 Å². The van der Waals surface area contributed by atoms with E-state index >= 15 is 0 Å². The third kappa shape index (κ3) is 7.21. The lowest BCUT2D eigenvalue weighted by atomic mass is 10.0. The van der Waals surface area contributed by atoms with Gasteiger partial charge in [0.05, 0.1) is 12.1 Å². The summed E-state index contributed by atoms with van der Waals surface area (Å²) in [5, 5.41) is 0.0831. The van der Waals surface area contributed by atoms with Crippen LogP contribution in [0.1, 0.15) is 44.4 Å². The Morgan fingerprint density at radius 3 is 2.26 bits per heavy atom. The maximum absolute atomic E-state index is 12.8. The van der Waals surface area contributed by atoms with E-state index in [1.807, 2.05) is 24.3 Å². The summed E-state index contributed by atoms with van der Waals surface area (Å²) in [5.74, 6) is 0. The summed E-state index contributed by atoms with van der Waals surface area (Å²) < 4.78 is 17.1. The van der Waals surface area contributed by atoms with Crippen LogP contribution in [-0.4, -0.2) is 63.2 Å². The quantitative estimate of drug-likeness (QED) is 0.320. The van der Waals surface area contributed by atoms with Gasteiger partial charge in [-0.15, -0.1) is 0 Å². The maximum atomic E-state index is 12.8. The second-order valence-corrected chi connectivity index (χ2v) is 15.0. The number of ether oxygens (including phenoxy) is 2. The molecule has 0 spiro atoms. The number of amides is 2. The Kier molecular flexibility index (Phi) is 9.52. The normalized spacial score (nSPS) is 18.4. The fraction of sp³-hybridized carbons (Fsp3) is 0.538. The Balaban J connectivity index is 2.16. The van der Waals surface area contributed by atoms with Crippen LogP contribution < -0.4 is 0 Å². The van der Waals surface area contributed by atoms with Crippen LogP contribution in [-0.2, 0) is 20.4 Å². The average Bonchev–Trinajstić information content (AvgIpc) is 3.18. The molecule has 2 atom stereocenters. The third-order valence-corrected chi connectivity index (χ3v) is 11.0. The molecule has 2 amide bonds. The molecule has 188 valence electrons. The van der Waals surface area contributed by atoms with E-state index in [1.54, 1.807) is 18.0 Å². The first kappa shape index (κ1) is 27.7. The molecule has 7 nitrogen and oxygen atoms in total. The molecule has 0 aromatic heterocycles. The van der Waals surface area contributed by atoms with E-state index in [4.69, 9.17) is 13.9 Å². The van der Waals surface area contributed by atoms with Gasteiger partial charge in [-0.05, 0) is 35.7 Å². The molecule has 1 aromatic rings.